The number of unbranched alkanes of at least 4 members (excludes halogenated alkanes) is 3. The number of amidine groups is 1. The highest BCUT2D eigenvalue weighted by atomic mass is 127. The molecule has 3 aromatic carbocycles. The largest absolute Gasteiger partial charge is 0.445 e. The number of aliphatic imine (C=N–C) groups is 1. The second-order valence-corrected chi connectivity index (χ2v) is 22.3. The number of benzene rings is 3. The lowest BCUT2D eigenvalue weighted by molar-refractivity contribution is -0.132. The van der Waals surface area contributed by atoms with Gasteiger partial charge in [0.15, 0.2) is 0 Å². The van der Waals surface area contributed by atoms with Crippen LogP contribution in [0.4, 0.5) is 26.7 Å². The molecule has 3 heterocycles. The summed E-state index contributed by atoms with van der Waals surface area (Å²) in [5.74, 6) is -1.87. The van der Waals surface area contributed by atoms with Gasteiger partial charge in [0.25, 0.3) is 11.8 Å². The van der Waals surface area contributed by atoms with E-state index in [1.807, 2.05) is 49.9 Å². The fourth-order valence-electron chi connectivity index (χ4n) is 9.57. The average molecular weight is 1270 g/mol. The van der Waals surface area contributed by atoms with Crippen molar-refractivity contribution >= 4 is 99.1 Å². The van der Waals surface area contributed by atoms with E-state index < -0.39 is 36.0 Å². The molecule has 11 N–H and O–H groups in total. The number of aromatic nitrogens is 1. The third kappa shape index (κ3) is 20.7. The summed E-state index contributed by atoms with van der Waals surface area (Å²) in [7, 11) is 0. The molecule has 2 atom stereocenters. The Morgan fingerprint density at radius 1 is 0.762 bits per heavy atom. The molecule has 23 heteroatoms. The molecule has 0 aliphatic carbocycles. The lowest BCUT2D eigenvalue weighted by atomic mass is 10.0. The fraction of sp³-hybridized carbons (Fsp3) is 0.443. The van der Waals surface area contributed by atoms with Crippen molar-refractivity contribution < 1.29 is 43.1 Å². The summed E-state index contributed by atoms with van der Waals surface area (Å²) in [6.45, 7) is 11.4. The molecule has 22 nitrogen and oxygen atoms in total. The van der Waals surface area contributed by atoms with Crippen molar-refractivity contribution in [3.8, 4) is 0 Å². The van der Waals surface area contributed by atoms with Gasteiger partial charge < -0.3 is 58.3 Å². The van der Waals surface area contributed by atoms with Crippen LogP contribution in [0.2, 0.25) is 0 Å². The van der Waals surface area contributed by atoms with Gasteiger partial charge in [-0.05, 0) is 96.8 Å². The van der Waals surface area contributed by atoms with Gasteiger partial charge in [0, 0.05) is 110 Å². The summed E-state index contributed by atoms with van der Waals surface area (Å²) in [4.78, 5) is 117. The van der Waals surface area contributed by atoms with Crippen molar-refractivity contribution in [2.45, 2.75) is 124 Å². The number of rotatable bonds is 30. The number of ether oxygens (including phenoxy) is 1. The summed E-state index contributed by atoms with van der Waals surface area (Å²) in [6.07, 6.45) is 9.10. The van der Waals surface area contributed by atoms with Crippen molar-refractivity contribution in [1.82, 2.24) is 41.4 Å². The monoisotopic (exact) mass is 1270 g/mol. The Balaban J connectivity index is 0.911. The molecule has 2 aliphatic heterocycles. The lowest BCUT2D eigenvalue weighted by Crippen LogP contribution is -2.54. The maximum Gasteiger partial charge on any atom is 0.407 e. The molecule has 6 rings (SSSR count). The lowest BCUT2D eigenvalue weighted by Gasteiger charge is -2.28. The van der Waals surface area contributed by atoms with E-state index in [9.17, 15) is 38.4 Å². The number of urea groups is 1. The number of halogens is 1. The number of primary amides is 1. The van der Waals surface area contributed by atoms with E-state index in [1.54, 1.807) is 60.8 Å². The molecule has 0 bridgehead atoms. The van der Waals surface area contributed by atoms with Crippen molar-refractivity contribution in [2.24, 2.45) is 22.4 Å². The zero-order chi connectivity index (χ0) is 60.5. The van der Waals surface area contributed by atoms with E-state index in [1.165, 1.54) is 0 Å². The van der Waals surface area contributed by atoms with Crippen LogP contribution in [0.3, 0.4) is 0 Å². The van der Waals surface area contributed by atoms with Gasteiger partial charge in [0.2, 0.25) is 23.6 Å². The number of amides is 9. The highest BCUT2D eigenvalue weighted by Crippen LogP contribution is 2.30. The van der Waals surface area contributed by atoms with Crippen LogP contribution in [-0.4, -0.2) is 124 Å². The van der Waals surface area contributed by atoms with Gasteiger partial charge in [-0.1, -0.05) is 99.9 Å². The second kappa shape index (κ2) is 33.4. The zero-order valence-corrected chi connectivity index (χ0v) is 50.6. The SMILES string of the molecule is CCCCCCC(=O)N[C@H](C(=O)N[C@@H](CCCNC(N)=O)C(=O)Nc1ccc(COC(=O)NCCNC(=O)c2ccc(CN3CCc4ncc(NC(=O)c5ccc6c(c5)N=C(N)CC(C(=O)N(CCC)CCI)=C6)cc4C3)cc2)cc1)C(C)C. The van der Waals surface area contributed by atoms with Crippen LogP contribution in [0.5, 0.6) is 0 Å². The summed E-state index contributed by atoms with van der Waals surface area (Å²) >= 11 is 2.27. The third-order valence-electron chi connectivity index (χ3n) is 14.1. The number of carbonyl (C=O) groups is 8. The third-order valence-corrected chi connectivity index (χ3v) is 14.5. The van der Waals surface area contributed by atoms with E-state index in [2.05, 4.69) is 81.6 Å². The van der Waals surface area contributed by atoms with Gasteiger partial charge in [-0.15, -0.1) is 0 Å². The number of hydrogen-bond acceptors (Lipinski definition) is 13. The number of nitrogens with one attached hydrogen (secondary N) is 7. The van der Waals surface area contributed by atoms with E-state index >= 15 is 0 Å². The number of anilines is 2. The Labute approximate surface area is 505 Å². The number of carbonyl (C=O) groups excluding carboxylic acids is 8. The van der Waals surface area contributed by atoms with Gasteiger partial charge >= 0.3 is 12.1 Å². The van der Waals surface area contributed by atoms with Crippen molar-refractivity contribution in [3.63, 3.8) is 0 Å². The minimum Gasteiger partial charge on any atom is -0.445 e. The fourth-order valence-corrected chi connectivity index (χ4v) is 10.1. The normalized spacial score (nSPS) is 13.5. The van der Waals surface area contributed by atoms with Crippen LogP contribution < -0.4 is 48.7 Å². The Hall–Kier alpha value is -7.93. The topological polar surface area (TPSA) is 314 Å². The molecule has 9 amide bonds. The van der Waals surface area contributed by atoms with Crippen molar-refractivity contribution in [1.29, 1.82) is 0 Å². The maximum atomic E-state index is 13.6. The van der Waals surface area contributed by atoms with Crippen LogP contribution in [0, 0.1) is 5.92 Å². The number of nitrogens with two attached hydrogens (primary N) is 2. The molecular weight excluding hydrogens is 1190 g/mol. The van der Waals surface area contributed by atoms with Gasteiger partial charge in [-0.2, -0.15) is 0 Å². The first-order valence-electron chi connectivity index (χ1n) is 28.8. The van der Waals surface area contributed by atoms with E-state index in [0.717, 1.165) is 66.3 Å². The van der Waals surface area contributed by atoms with Crippen LogP contribution in [0.1, 0.15) is 134 Å². The molecule has 0 fully saturated rings. The Kier molecular flexibility index (Phi) is 25.9. The minimum atomic E-state index is -0.998. The molecule has 1 aromatic heterocycles. The number of hydrogen-bond donors (Lipinski definition) is 9. The highest BCUT2D eigenvalue weighted by Gasteiger charge is 2.29. The van der Waals surface area contributed by atoms with Crippen LogP contribution in [0.25, 0.3) is 6.08 Å². The van der Waals surface area contributed by atoms with E-state index in [-0.39, 0.29) is 68.6 Å². The second-order valence-electron chi connectivity index (χ2n) is 21.2. The van der Waals surface area contributed by atoms with Gasteiger partial charge in [-0.25, -0.2) is 14.6 Å². The Bertz CT molecular complexity index is 3000. The molecular formula is C61H80IN13O9. The summed E-state index contributed by atoms with van der Waals surface area (Å²) in [5.41, 5.74) is 18.7. The first-order chi connectivity index (χ1) is 40.4. The minimum absolute atomic E-state index is 0.0592. The highest BCUT2D eigenvalue weighted by molar-refractivity contribution is 14.1. The van der Waals surface area contributed by atoms with Crippen LogP contribution in [0.15, 0.2) is 89.6 Å². The number of alkyl carbamates (subject to hydrolysis) is 1. The molecule has 84 heavy (non-hydrogen) atoms. The van der Waals surface area contributed by atoms with Gasteiger partial charge in [-0.3, -0.25) is 38.7 Å². The predicted octanol–water partition coefficient (Wildman–Crippen LogP) is 6.98. The van der Waals surface area contributed by atoms with Crippen LogP contribution in [-0.2, 0) is 50.0 Å². The van der Waals surface area contributed by atoms with Gasteiger partial charge in [0.05, 0.1) is 17.6 Å². The number of pyridine rings is 1. The quantitative estimate of drug-likeness (QED) is 0.0145. The molecule has 2 aliphatic rings. The molecule has 0 radical (unpaired) electrons. The average Bonchev–Trinajstić information content (AvgIpc) is 3.45. The first-order valence-corrected chi connectivity index (χ1v) is 30.3. The Morgan fingerprint density at radius 2 is 1.50 bits per heavy atom. The number of nitrogens with zero attached hydrogens (tertiary/aromatic N) is 4. The number of alkyl halides is 1. The maximum absolute atomic E-state index is 13.6. The number of fused-ring (bicyclic) bond motifs is 2. The van der Waals surface area contributed by atoms with Crippen molar-refractivity contribution in [3.05, 3.63) is 124 Å². The predicted molar refractivity (Wildman–Crippen MR) is 332 cm³/mol. The van der Waals surface area contributed by atoms with Gasteiger partial charge in [0.1, 0.15) is 24.5 Å². The summed E-state index contributed by atoms with van der Waals surface area (Å²) < 4.78 is 6.18. The molecule has 0 saturated carbocycles. The zero-order valence-electron chi connectivity index (χ0n) is 48.5. The molecule has 4 aromatic rings. The van der Waals surface area contributed by atoms with E-state index in [0.29, 0.717) is 89.7 Å². The first kappa shape index (κ1) is 65.2. The Morgan fingerprint density at radius 3 is 2.21 bits per heavy atom. The molecule has 0 spiro atoms. The standard InChI is InChI=1S/C61H80IN13O9/c1-5-7-8-9-12-53(76)73-54(39(3)4)58(80)72-50(11-10-25-66-60(64)82)57(79)69-47-21-15-41(16-22-47)38-84-61(83)67-27-26-65-55(77)42-17-13-40(14-18-42)36-74-29-23-49-46(37-74)32-48(35-68-49)70-56(78)44-20-19-43-31-45(34-52(63)71-51(43)33-44)59(81)75(28-6-2)30-24-62/h13-22,31-33,35,39,50,54H,5-12,23-30,34,36-38H2,1-4H3,(H2,63,71)(H,65,77)(H,67,83)(H,69,79)(H,70,78)(H,72,80)(H,73,76)(H3,64,66,82)/t50-,54-/m0/s1. The molecule has 0 unspecified atom stereocenters. The van der Waals surface area contributed by atoms with Crippen molar-refractivity contribution in [2.75, 3.05) is 54.3 Å². The smallest absolute Gasteiger partial charge is 0.407 e. The summed E-state index contributed by atoms with van der Waals surface area (Å²) in [6, 6.07) is 18.5. The van der Waals surface area contributed by atoms with E-state index in [4.69, 9.17) is 16.2 Å². The molecule has 0 saturated heterocycles. The summed E-state index contributed by atoms with van der Waals surface area (Å²) in [5, 5.41) is 19.3. The molecule has 450 valence electrons. The van der Waals surface area contributed by atoms with Crippen LogP contribution >= 0.6 is 22.6 Å².